The average molecular weight is 158 g/mol. The van der Waals surface area contributed by atoms with E-state index in [4.69, 9.17) is 0 Å². The second kappa shape index (κ2) is 2.08. The van der Waals surface area contributed by atoms with Crippen molar-refractivity contribution in [3.63, 3.8) is 0 Å². The van der Waals surface area contributed by atoms with E-state index in [-0.39, 0.29) is 18.3 Å². The molecule has 58 valence electrons. The van der Waals surface area contributed by atoms with Gasteiger partial charge in [0.1, 0.15) is 0 Å². The summed E-state index contributed by atoms with van der Waals surface area (Å²) >= 11 is 0. The molecule has 0 atom stereocenters. The maximum atomic E-state index is 12.7. The van der Waals surface area contributed by atoms with E-state index in [1.54, 1.807) is 0 Å². The van der Waals surface area contributed by atoms with E-state index >= 15 is 0 Å². The van der Waals surface area contributed by atoms with Gasteiger partial charge in [-0.3, -0.25) is 0 Å². The van der Waals surface area contributed by atoms with Gasteiger partial charge >= 0.3 is 0 Å². The van der Waals surface area contributed by atoms with Crippen LogP contribution in [0.2, 0.25) is 0 Å². The molecule has 11 heavy (non-hydrogen) atoms. The molecule has 0 aromatic heterocycles. The van der Waals surface area contributed by atoms with Crippen LogP contribution in [0.25, 0.3) is 0 Å². The molecule has 1 aromatic rings. The Hall–Kier alpha value is -1.32. The molecule has 0 aliphatic carbocycles. The largest absolute Gasteiger partial charge is 0.450 e. The summed E-state index contributed by atoms with van der Waals surface area (Å²) in [5.41, 5.74) is 0. The predicted octanol–water partition coefficient (Wildman–Crippen LogP) is 1.69. The summed E-state index contributed by atoms with van der Waals surface area (Å²) in [5, 5.41) is 0. The van der Waals surface area contributed by atoms with Gasteiger partial charge in [-0.1, -0.05) is 0 Å². The third-order valence-electron chi connectivity index (χ3n) is 1.42. The van der Waals surface area contributed by atoms with Crippen LogP contribution in [-0.2, 0) is 0 Å². The SMILES string of the molecule is Fc1ccc(F)c2c1OCO2. The first-order chi connectivity index (χ1) is 5.29. The molecule has 0 bridgehead atoms. The molecule has 1 aliphatic heterocycles. The minimum atomic E-state index is -0.598. The van der Waals surface area contributed by atoms with Crippen LogP contribution in [0, 0.1) is 11.6 Å². The van der Waals surface area contributed by atoms with Crippen molar-refractivity contribution in [1.82, 2.24) is 0 Å². The highest BCUT2D eigenvalue weighted by Gasteiger charge is 2.21. The smallest absolute Gasteiger partial charge is 0.231 e. The Kier molecular flexibility index (Phi) is 1.21. The number of hydrogen-bond acceptors (Lipinski definition) is 2. The van der Waals surface area contributed by atoms with Gasteiger partial charge in [-0.05, 0) is 12.1 Å². The molecule has 0 saturated carbocycles. The number of ether oxygens (including phenoxy) is 2. The molecule has 0 unspecified atom stereocenters. The van der Waals surface area contributed by atoms with Crippen LogP contribution >= 0.6 is 0 Å². The highest BCUT2D eigenvalue weighted by atomic mass is 19.1. The van der Waals surface area contributed by atoms with Crippen molar-refractivity contribution in [3.8, 4) is 11.5 Å². The standard InChI is InChI=1S/C7H4F2O2/c8-4-1-2-5(9)7-6(4)10-3-11-7/h1-2H,3H2. The number of halogens is 2. The quantitative estimate of drug-likeness (QED) is 0.572. The average Bonchev–Trinajstić information content (AvgIpc) is 2.45. The molecule has 0 spiro atoms. The number of rotatable bonds is 0. The molecule has 0 N–H and O–H groups in total. The highest BCUT2D eigenvalue weighted by Crippen LogP contribution is 2.36. The molecular weight excluding hydrogens is 154 g/mol. The van der Waals surface area contributed by atoms with Crippen LogP contribution in [-0.4, -0.2) is 6.79 Å². The Morgan fingerprint density at radius 3 is 1.91 bits per heavy atom. The number of benzene rings is 1. The first kappa shape index (κ1) is 6.39. The van der Waals surface area contributed by atoms with E-state index in [1.807, 2.05) is 0 Å². The third-order valence-corrected chi connectivity index (χ3v) is 1.42. The van der Waals surface area contributed by atoms with Crippen LogP contribution in [0.5, 0.6) is 11.5 Å². The van der Waals surface area contributed by atoms with E-state index in [1.165, 1.54) is 0 Å². The van der Waals surface area contributed by atoms with Gasteiger partial charge in [0.2, 0.25) is 18.3 Å². The number of fused-ring (bicyclic) bond motifs is 1. The second-order valence-corrected chi connectivity index (χ2v) is 2.09. The summed E-state index contributed by atoms with van der Waals surface area (Å²) in [5.74, 6) is -1.46. The number of hydrogen-bond donors (Lipinski definition) is 0. The van der Waals surface area contributed by atoms with Crippen molar-refractivity contribution in [2.24, 2.45) is 0 Å². The van der Waals surface area contributed by atoms with Crippen molar-refractivity contribution in [1.29, 1.82) is 0 Å². The van der Waals surface area contributed by atoms with Gasteiger partial charge in [0.25, 0.3) is 0 Å². The Bertz CT molecular complexity index is 270. The van der Waals surface area contributed by atoms with Crippen LogP contribution in [0.1, 0.15) is 0 Å². The molecular formula is C7H4F2O2. The van der Waals surface area contributed by atoms with E-state index in [9.17, 15) is 8.78 Å². The normalized spacial score (nSPS) is 13.6. The van der Waals surface area contributed by atoms with Crippen molar-refractivity contribution >= 4 is 0 Å². The molecule has 2 rings (SSSR count). The molecule has 2 nitrogen and oxygen atoms in total. The van der Waals surface area contributed by atoms with Crippen molar-refractivity contribution in [2.75, 3.05) is 6.79 Å². The van der Waals surface area contributed by atoms with Crippen molar-refractivity contribution in [3.05, 3.63) is 23.8 Å². The lowest BCUT2D eigenvalue weighted by Crippen LogP contribution is -1.93. The van der Waals surface area contributed by atoms with Gasteiger partial charge in [0, 0.05) is 0 Å². The van der Waals surface area contributed by atoms with Gasteiger partial charge in [0.05, 0.1) is 0 Å². The fraction of sp³-hybridized carbons (Fsp3) is 0.143. The van der Waals surface area contributed by atoms with E-state index in [2.05, 4.69) is 9.47 Å². The predicted molar refractivity (Wildman–Crippen MR) is 32.5 cm³/mol. The fourth-order valence-electron chi connectivity index (χ4n) is 0.931. The maximum Gasteiger partial charge on any atom is 0.231 e. The van der Waals surface area contributed by atoms with Crippen LogP contribution in [0.4, 0.5) is 8.78 Å². The first-order valence-corrected chi connectivity index (χ1v) is 3.02. The molecule has 4 heteroatoms. The summed E-state index contributed by atoms with van der Waals surface area (Å²) in [4.78, 5) is 0. The minimum Gasteiger partial charge on any atom is -0.450 e. The topological polar surface area (TPSA) is 18.5 Å². The van der Waals surface area contributed by atoms with Crippen LogP contribution < -0.4 is 9.47 Å². The Balaban J connectivity index is 2.64. The summed E-state index contributed by atoms with van der Waals surface area (Å²) in [6.45, 7) is -0.118. The Morgan fingerprint density at radius 2 is 1.45 bits per heavy atom. The van der Waals surface area contributed by atoms with Crippen LogP contribution in [0.15, 0.2) is 12.1 Å². The summed E-state index contributed by atoms with van der Waals surface area (Å²) in [6, 6.07) is 2.01. The first-order valence-electron chi connectivity index (χ1n) is 3.02. The van der Waals surface area contributed by atoms with E-state index in [0.717, 1.165) is 12.1 Å². The van der Waals surface area contributed by atoms with Gasteiger partial charge in [-0.25, -0.2) is 8.78 Å². The summed E-state index contributed by atoms with van der Waals surface area (Å²) < 4.78 is 34.7. The van der Waals surface area contributed by atoms with Gasteiger partial charge < -0.3 is 9.47 Å². The van der Waals surface area contributed by atoms with E-state index in [0.29, 0.717) is 0 Å². The molecule has 0 saturated heterocycles. The molecule has 1 aliphatic rings. The third kappa shape index (κ3) is 0.824. The molecule has 0 amide bonds. The summed E-state index contributed by atoms with van der Waals surface area (Å²) in [6.07, 6.45) is 0. The summed E-state index contributed by atoms with van der Waals surface area (Å²) in [7, 11) is 0. The molecule has 0 radical (unpaired) electrons. The Labute approximate surface area is 61.3 Å². The monoisotopic (exact) mass is 158 g/mol. The zero-order chi connectivity index (χ0) is 7.84. The van der Waals surface area contributed by atoms with Gasteiger partial charge in [0.15, 0.2) is 11.6 Å². The lowest BCUT2D eigenvalue weighted by Gasteiger charge is -1.96. The van der Waals surface area contributed by atoms with Gasteiger partial charge in [-0.2, -0.15) is 0 Å². The molecule has 1 heterocycles. The van der Waals surface area contributed by atoms with Crippen LogP contribution in [0.3, 0.4) is 0 Å². The lowest BCUT2D eigenvalue weighted by atomic mass is 10.3. The molecule has 0 fully saturated rings. The van der Waals surface area contributed by atoms with Gasteiger partial charge in [-0.15, -0.1) is 0 Å². The fourth-order valence-corrected chi connectivity index (χ4v) is 0.931. The zero-order valence-electron chi connectivity index (χ0n) is 5.43. The maximum absolute atomic E-state index is 12.7. The van der Waals surface area contributed by atoms with Crippen molar-refractivity contribution in [2.45, 2.75) is 0 Å². The van der Waals surface area contributed by atoms with E-state index < -0.39 is 11.6 Å². The minimum absolute atomic E-state index is 0.118. The highest BCUT2D eigenvalue weighted by molar-refractivity contribution is 5.43. The molecule has 1 aromatic carbocycles. The zero-order valence-corrected chi connectivity index (χ0v) is 5.43. The second-order valence-electron chi connectivity index (χ2n) is 2.09. The Morgan fingerprint density at radius 1 is 1.00 bits per heavy atom. The van der Waals surface area contributed by atoms with Crippen molar-refractivity contribution < 1.29 is 18.3 Å². The lowest BCUT2D eigenvalue weighted by molar-refractivity contribution is 0.168.